The fourth-order valence-corrected chi connectivity index (χ4v) is 2.42. The van der Waals surface area contributed by atoms with E-state index in [4.69, 9.17) is 9.47 Å². The van der Waals surface area contributed by atoms with Crippen LogP contribution in [-0.4, -0.2) is 25.7 Å². The topological polar surface area (TPSA) is 47.6 Å². The first-order valence-corrected chi connectivity index (χ1v) is 6.08. The van der Waals surface area contributed by atoms with E-state index in [2.05, 4.69) is 12.2 Å². The average molecular weight is 249 g/mol. The van der Waals surface area contributed by atoms with Crippen LogP contribution in [0.1, 0.15) is 25.3 Å². The third-order valence-corrected chi connectivity index (χ3v) is 3.41. The van der Waals surface area contributed by atoms with Gasteiger partial charge >= 0.3 is 0 Å². The van der Waals surface area contributed by atoms with Crippen molar-refractivity contribution in [1.82, 2.24) is 5.32 Å². The second-order valence-electron chi connectivity index (χ2n) is 4.96. The van der Waals surface area contributed by atoms with Crippen LogP contribution in [0.5, 0.6) is 11.5 Å². The molecule has 1 amide bonds. The molecule has 0 spiro atoms. The highest BCUT2D eigenvalue weighted by Crippen LogP contribution is 2.31. The lowest BCUT2D eigenvalue weighted by atomic mass is 9.91. The first kappa shape index (κ1) is 12.7. The minimum absolute atomic E-state index is 0.124. The zero-order valence-corrected chi connectivity index (χ0v) is 11.1. The molecule has 1 unspecified atom stereocenters. The maximum Gasteiger partial charge on any atom is 0.220 e. The summed E-state index contributed by atoms with van der Waals surface area (Å²) in [7, 11) is 3.30. The molecule has 1 aromatic carbocycles. The van der Waals surface area contributed by atoms with Gasteiger partial charge in [-0.15, -0.1) is 0 Å². The number of hydrogen-bond donors (Lipinski definition) is 1. The fourth-order valence-electron chi connectivity index (χ4n) is 2.42. The molecule has 1 aliphatic rings. The molecule has 0 aromatic heterocycles. The van der Waals surface area contributed by atoms with Crippen LogP contribution in [0, 0.1) is 0 Å². The molecule has 98 valence electrons. The van der Waals surface area contributed by atoms with E-state index in [0.29, 0.717) is 6.42 Å². The van der Waals surface area contributed by atoms with E-state index in [1.54, 1.807) is 14.2 Å². The lowest BCUT2D eigenvalue weighted by Gasteiger charge is -2.25. The normalized spacial score (nSPS) is 22.7. The molecule has 0 bridgehead atoms. The second kappa shape index (κ2) is 4.88. The molecule has 1 heterocycles. The second-order valence-corrected chi connectivity index (χ2v) is 4.96. The largest absolute Gasteiger partial charge is 0.497 e. The fraction of sp³-hybridized carbons (Fsp3) is 0.500. The zero-order valence-electron chi connectivity index (χ0n) is 11.1. The number of ether oxygens (including phenoxy) is 2. The van der Waals surface area contributed by atoms with Gasteiger partial charge in [0.1, 0.15) is 11.5 Å². The molecule has 1 atom stereocenters. The van der Waals surface area contributed by atoms with Gasteiger partial charge in [-0.05, 0) is 38.0 Å². The minimum Gasteiger partial charge on any atom is -0.497 e. The highest BCUT2D eigenvalue weighted by Gasteiger charge is 2.33. The Morgan fingerprint density at radius 2 is 2.11 bits per heavy atom. The number of methoxy groups -OCH3 is 2. The Balaban J connectivity index is 2.24. The van der Waals surface area contributed by atoms with Gasteiger partial charge in [0, 0.05) is 17.5 Å². The van der Waals surface area contributed by atoms with Crippen molar-refractivity contribution >= 4 is 5.91 Å². The Morgan fingerprint density at radius 1 is 1.33 bits per heavy atom. The highest BCUT2D eigenvalue weighted by atomic mass is 16.5. The number of carbonyl (C=O) groups excluding carboxylic acids is 1. The highest BCUT2D eigenvalue weighted by molar-refractivity contribution is 5.79. The minimum atomic E-state index is -0.184. The van der Waals surface area contributed by atoms with E-state index in [9.17, 15) is 4.79 Å². The van der Waals surface area contributed by atoms with Crippen LogP contribution in [-0.2, 0) is 11.2 Å². The summed E-state index contributed by atoms with van der Waals surface area (Å²) < 4.78 is 10.6. The predicted octanol–water partition coefficient (Wildman–Crippen LogP) is 1.91. The molecule has 0 saturated carbocycles. The Bertz CT molecular complexity index is 458. The molecule has 0 aliphatic carbocycles. The molecule has 1 aromatic rings. The van der Waals surface area contributed by atoms with Gasteiger partial charge in [0.15, 0.2) is 0 Å². The summed E-state index contributed by atoms with van der Waals surface area (Å²) in [5, 5.41) is 3.03. The quantitative estimate of drug-likeness (QED) is 0.886. The smallest absolute Gasteiger partial charge is 0.220 e. The molecule has 4 heteroatoms. The monoisotopic (exact) mass is 249 g/mol. The van der Waals surface area contributed by atoms with E-state index in [-0.39, 0.29) is 11.4 Å². The summed E-state index contributed by atoms with van der Waals surface area (Å²) in [5.41, 5.74) is 0.873. The van der Waals surface area contributed by atoms with Crippen LogP contribution >= 0.6 is 0 Å². The lowest BCUT2D eigenvalue weighted by molar-refractivity contribution is -0.119. The Morgan fingerprint density at radius 3 is 2.67 bits per heavy atom. The molecule has 18 heavy (non-hydrogen) atoms. The molecule has 1 fully saturated rings. The number of benzene rings is 1. The molecule has 1 N–H and O–H groups in total. The van der Waals surface area contributed by atoms with E-state index in [1.807, 2.05) is 18.2 Å². The van der Waals surface area contributed by atoms with Gasteiger partial charge in [-0.2, -0.15) is 0 Å². The van der Waals surface area contributed by atoms with Gasteiger partial charge in [0.25, 0.3) is 0 Å². The number of rotatable bonds is 4. The van der Waals surface area contributed by atoms with Gasteiger partial charge in [-0.3, -0.25) is 4.79 Å². The summed E-state index contributed by atoms with van der Waals surface area (Å²) >= 11 is 0. The lowest BCUT2D eigenvalue weighted by Crippen LogP contribution is -2.40. The molecular weight excluding hydrogens is 230 g/mol. The van der Waals surface area contributed by atoms with Crippen molar-refractivity contribution in [3.63, 3.8) is 0 Å². The summed E-state index contributed by atoms with van der Waals surface area (Å²) in [4.78, 5) is 11.4. The Kier molecular flexibility index (Phi) is 3.45. The summed E-state index contributed by atoms with van der Waals surface area (Å²) in [6.45, 7) is 2.07. The van der Waals surface area contributed by atoms with Crippen LogP contribution in [0.2, 0.25) is 0 Å². The first-order chi connectivity index (χ1) is 8.56. The van der Waals surface area contributed by atoms with Crippen molar-refractivity contribution in [2.24, 2.45) is 0 Å². The molecule has 1 saturated heterocycles. The summed E-state index contributed by atoms with van der Waals surface area (Å²) in [6, 6.07) is 5.74. The maximum absolute atomic E-state index is 11.4. The molecule has 2 rings (SSSR count). The van der Waals surface area contributed by atoms with Crippen molar-refractivity contribution < 1.29 is 14.3 Å². The van der Waals surface area contributed by atoms with E-state index >= 15 is 0 Å². The summed E-state index contributed by atoms with van der Waals surface area (Å²) in [6.07, 6.45) is 2.20. The van der Waals surface area contributed by atoms with E-state index in [0.717, 1.165) is 29.9 Å². The predicted molar refractivity (Wildman–Crippen MR) is 69.0 cm³/mol. The third-order valence-electron chi connectivity index (χ3n) is 3.41. The number of carbonyl (C=O) groups is 1. The Hall–Kier alpha value is -1.71. The van der Waals surface area contributed by atoms with Crippen molar-refractivity contribution in [2.45, 2.75) is 31.7 Å². The molecule has 4 nitrogen and oxygen atoms in total. The number of nitrogens with one attached hydrogen (secondary N) is 1. The summed E-state index contributed by atoms with van der Waals surface area (Å²) in [5.74, 6) is 1.76. The van der Waals surface area contributed by atoms with Gasteiger partial charge < -0.3 is 14.8 Å². The van der Waals surface area contributed by atoms with Gasteiger partial charge in [0.05, 0.1) is 14.2 Å². The van der Waals surface area contributed by atoms with Crippen LogP contribution in [0.3, 0.4) is 0 Å². The van der Waals surface area contributed by atoms with Crippen LogP contribution < -0.4 is 14.8 Å². The number of amides is 1. The average Bonchev–Trinajstić information content (AvgIpc) is 2.68. The van der Waals surface area contributed by atoms with Crippen LogP contribution in [0.25, 0.3) is 0 Å². The Labute approximate surface area is 107 Å². The first-order valence-electron chi connectivity index (χ1n) is 6.08. The zero-order chi connectivity index (χ0) is 13.2. The van der Waals surface area contributed by atoms with Crippen LogP contribution in [0.15, 0.2) is 18.2 Å². The standard InChI is InChI=1S/C14H19NO3/c1-14(7-6-13(16)15-14)9-10-8-11(17-2)4-5-12(10)18-3/h4-5,8H,6-7,9H2,1-3H3,(H,15,16). The van der Waals surface area contributed by atoms with Gasteiger partial charge in [0.2, 0.25) is 5.91 Å². The molecular formula is C14H19NO3. The maximum atomic E-state index is 11.4. The van der Waals surface area contributed by atoms with Crippen molar-refractivity contribution in [1.29, 1.82) is 0 Å². The molecule has 0 radical (unpaired) electrons. The van der Waals surface area contributed by atoms with E-state index in [1.165, 1.54) is 0 Å². The van der Waals surface area contributed by atoms with Crippen molar-refractivity contribution in [2.75, 3.05) is 14.2 Å². The van der Waals surface area contributed by atoms with E-state index < -0.39 is 0 Å². The van der Waals surface area contributed by atoms with Crippen molar-refractivity contribution in [3.8, 4) is 11.5 Å². The van der Waals surface area contributed by atoms with Crippen LogP contribution in [0.4, 0.5) is 0 Å². The third kappa shape index (κ3) is 2.58. The number of hydrogen-bond acceptors (Lipinski definition) is 3. The molecule has 1 aliphatic heterocycles. The van der Waals surface area contributed by atoms with Gasteiger partial charge in [-0.25, -0.2) is 0 Å². The SMILES string of the molecule is COc1ccc(OC)c(CC2(C)CCC(=O)N2)c1. The van der Waals surface area contributed by atoms with Crippen molar-refractivity contribution in [3.05, 3.63) is 23.8 Å². The van der Waals surface area contributed by atoms with Gasteiger partial charge in [-0.1, -0.05) is 0 Å².